The van der Waals surface area contributed by atoms with Crippen molar-refractivity contribution in [3.8, 4) is 0 Å². The number of nitrogens with one attached hydrogen (secondary N) is 1. The van der Waals surface area contributed by atoms with Crippen LogP contribution in [-0.2, 0) is 0 Å². The fourth-order valence-corrected chi connectivity index (χ4v) is 2.21. The molecule has 3 heteroatoms. The Hall–Kier alpha value is -1.51. The van der Waals surface area contributed by atoms with Crippen molar-refractivity contribution < 1.29 is 4.79 Å². The van der Waals surface area contributed by atoms with Crippen LogP contribution in [0.4, 0.5) is 5.69 Å². The van der Waals surface area contributed by atoms with E-state index in [-0.39, 0.29) is 5.91 Å². The fraction of sp³-hybridized carbons (Fsp3) is 0.500. The lowest BCUT2D eigenvalue weighted by Crippen LogP contribution is -2.35. The van der Waals surface area contributed by atoms with E-state index in [1.807, 2.05) is 29.2 Å². The van der Waals surface area contributed by atoms with Crippen LogP contribution in [0.3, 0.4) is 0 Å². The third-order valence-electron chi connectivity index (χ3n) is 3.16. The van der Waals surface area contributed by atoms with Crippen LogP contribution in [0.5, 0.6) is 0 Å². The molecule has 0 bridgehead atoms. The summed E-state index contributed by atoms with van der Waals surface area (Å²) in [6.45, 7) is 4.79. The lowest BCUT2D eigenvalue weighted by molar-refractivity contribution is 0.0724. The molecule has 1 heterocycles. The Kier molecular flexibility index (Phi) is 4.02. The zero-order valence-electron chi connectivity index (χ0n) is 10.4. The number of anilines is 1. The van der Waals surface area contributed by atoms with E-state index in [1.54, 1.807) is 0 Å². The van der Waals surface area contributed by atoms with Crippen LogP contribution in [-0.4, -0.2) is 30.4 Å². The standard InChI is InChI=1S/C14H20N2O/c1-2-15-13-8-6-12(7-9-13)14(17)16-10-4-3-5-11-16/h6-9,15H,2-5,10-11H2,1H3. The molecule has 0 unspecified atom stereocenters. The molecule has 0 saturated carbocycles. The summed E-state index contributed by atoms with van der Waals surface area (Å²) in [5.41, 5.74) is 1.87. The molecule has 1 N–H and O–H groups in total. The number of hydrogen-bond acceptors (Lipinski definition) is 2. The number of amides is 1. The molecule has 17 heavy (non-hydrogen) atoms. The van der Waals surface area contributed by atoms with Crippen molar-refractivity contribution in [3.63, 3.8) is 0 Å². The molecule has 0 aliphatic carbocycles. The molecule has 1 aliphatic heterocycles. The summed E-state index contributed by atoms with van der Waals surface area (Å²) >= 11 is 0. The predicted octanol–water partition coefficient (Wildman–Crippen LogP) is 2.74. The van der Waals surface area contributed by atoms with Crippen LogP contribution < -0.4 is 5.32 Å². The first-order valence-corrected chi connectivity index (χ1v) is 6.44. The highest BCUT2D eigenvalue weighted by molar-refractivity contribution is 5.94. The van der Waals surface area contributed by atoms with Gasteiger partial charge in [-0.1, -0.05) is 0 Å². The minimum Gasteiger partial charge on any atom is -0.385 e. The number of benzene rings is 1. The summed E-state index contributed by atoms with van der Waals surface area (Å²) in [6.07, 6.45) is 3.53. The zero-order chi connectivity index (χ0) is 12.1. The van der Waals surface area contributed by atoms with Crippen molar-refractivity contribution in [2.45, 2.75) is 26.2 Å². The minimum atomic E-state index is 0.174. The van der Waals surface area contributed by atoms with E-state index in [0.717, 1.165) is 43.7 Å². The molecule has 0 spiro atoms. The topological polar surface area (TPSA) is 32.3 Å². The lowest BCUT2D eigenvalue weighted by atomic mass is 10.1. The number of carbonyl (C=O) groups excluding carboxylic acids is 1. The highest BCUT2D eigenvalue weighted by Gasteiger charge is 2.17. The van der Waals surface area contributed by atoms with Gasteiger partial charge in [0, 0.05) is 30.9 Å². The van der Waals surface area contributed by atoms with Crippen molar-refractivity contribution in [2.24, 2.45) is 0 Å². The summed E-state index contributed by atoms with van der Waals surface area (Å²) < 4.78 is 0. The average molecular weight is 232 g/mol. The number of likely N-dealkylation sites (tertiary alicyclic amines) is 1. The first kappa shape index (κ1) is 12.0. The van der Waals surface area contributed by atoms with E-state index >= 15 is 0 Å². The van der Waals surface area contributed by atoms with Crippen LogP contribution in [0, 0.1) is 0 Å². The minimum absolute atomic E-state index is 0.174. The largest absolute Gasteiger partial charge is 0.385 e. The van der Waals surface area contributed by atoms with Crippen molar-refractivity contribution >= 4 is 11.6 Å². The van der Waals surface area contributed by atoms with E-state index in [9.17, 15) is 4.79 Å². The third-order valence-corrected chi connectivity index (χ3v) is 3.16. The highest BCUT2D eigenvalue weighted by Crippen LogP contribution is 2.15. The van der Waals surface area contributed by atoms with Crippen LogP contribution >= 0.6 is 0 Å². The Morgan fingerprint density at radius 3 is 2.41 bits per heavy atom. The monoisotopic (exact) mass is 232 g/mol. The number of carbonyl (C=O) groups is 1. The average Bonchev–Trinajstić information content (AvgIpc) is 2.40. The van der Waals surface area contributed by atoms with Crippen molar-refractivity contribution in [1.29, 1.82) is 0 Å². The lowest BCUT2D eigenvalue weighted by Gasteiger charge is -2.26. The molecule has 1 amide bonds. The first-order chi connectivity index (χ1) is 8.31. The molecule has 92 valence electrons. The summed E-state index contributed by atoms with van der Waals surface area (Å²) in [7, 11) is 0. The molecule has 0 radical (unpaired) electrons. The third kappa shape index (κ3) is 2.99. The molecule has 1 aromatic carbocycles. The summed E-state index contributed by atoms with van der Waals surface area (Å²) in [5.74, 6) is 0.174. The maximum absolute atomic E-state index is 12.2. The second-order valence-corrected chi connectivity index (χ2v) is 4.46. The predicted molar refractivity (Wildman–Crippen MR) is 70.4 cm³/mol. The van der Waals surface area contributed by atoms with Crippen LogP contribution in [0.25, 0.3) is 0 Å². The second-order valence-electron chi connectivity index (χ2n) is 4.46. The molecule has 3 nitrogen and oxygen atoms in total. The van der Waals surface area contributed by atoms with Gasteiger partial charge in [0.2, 0.25) is 0 Å². The Balaban J connectivity index is 2.03. The summed E-state index contributed by atoms with van der Waals surface area (Å²) in [4.78, 5) is 14.1. The van der Waals surface area contributed by atoms with Gasteiger partial charge in [0.1, 0.15) is 0 Å². The molecule has 1 saturated heterocycles. The Morgan fingerprint density at radius 2 is 1.82 bits per heavy atom. The number of piperidine rings is 1. The number of hydrogen-bond donors (Lipinski definition) is 1. The zero-order valence-corrected chi connectivity index (χ0v) is 10.4. The maximum atomic E-state index is 12.2. The molecule has 1 aromatic rings. The van der Waals surface area contributed by atoms with Gasteiger partial charge in [-0.05, 0) is 50.5 Å². The number of rotatable bonds is 3. The van der Waals surface area contributed by atoms with Crippen LogP contribution in [0.2, 0.25) is 0 Å². The molecular formula is C14H20N2O. The van der Waals surface area contributed by atoms with Gasteiger partial charge < -0.3 is 10.2 Å². The van der Waals surface area contributed by atoms with E-state index in [2.05, 4.69) is 12.2 Å². The Labute approximate surface area is 103 Å². The molecule has 0 aromatic heterocycles. The van der Waals surface area contributed by atoms with Crippen molar-refractivity contribution in [1.82, 2.24) is 4.90 Å². The second kappa shape index (κ2) is 5.71. The van der Waals surface area contributed by atoms with Gasteiger partial charge in [0.15, 0.2) is 0 Å². The maximum Gasteiger partial charge on any atom is 0.253 e. The van der Waals surface area contributed by atoms with Gasteiger partial charge in [0.25, 0.3) is 5.91 Å². The molecule has 1 fully saturated rings. The van der Waals surface area contributed by atoms with E-state index in [4.69, 9.17) is 0 Å². The van der Waals surface area contributed by atoms with Crippen LogP contribution in [0.15, 0.2) is 24.3 Å². The SMILES string of the molecule is CCNc1ccc(C(=O)N2CCCCC2)cc1. The molecule has 2 rings (SSSR count). The molecular weight excluding hydrogens is 212 g/mol. The highest BCUT2D eigenvalue weighted by atomic mass is 16.2. The van der Waals surface area contributed by atoms with Crippen molar-refractivity contribution in [2.75, 3.05) is 25.0 Å². The summed E-state index contributed by atoms with van der Waals surface area (Å²) in [5, 5.41) is 3.23. The normalized spacial score (nSPS) is 15.7. The van der Waals surface area contributed by atoms with Gasteiger partial charge in [0.05, 0.1) is 0 Å². The molecule has 0 atom stereocenters. The van der Waals surface area contributed by atoms with E-state index in [0.29, 0.717) is 0 Å². The van der Waals surface area contributed by atoms with E-state index in [1.165, 1.54) is 6.42 Å². The number of nitrogens with zero attached hydrogens (tertiary/aromatic N) is 1. The summed E-state index contributed by atoms with van der Waals surface area (Å²) in [6, 6.07) is 7.77. The van der Waals surface area contributed by atoms with Crippen LogP contribution in [0.1, 0.15) is 36.5 Å². The van der Waals surface area contributed by atoms with Gasteiger partial charge in [-0.25, -0.2) is 0 Å². The Bertz CT molecular complexity index is 366. The van der Waals surface area contributed by atoms with Gasteiger partial charge in [-0.15, -0.1) is 0 Å². The van der Waals surface area contributed by atoms with Gasteiger partial charge in [-0.3, -0.25) is 4.79 Å². The fourth-order valence-electron chi connectivity index (χ4n) is 2.21. The smallest absolute Gasteiger partial charge is 0.253 e. The van der Waals surface area contributed by atoms with Gasteiger partial charge >= 0.3 is 0 Å². The Morgan fingerprint density at radius 1 is 1.18 bits per heavy atom. The van der Waals surface area contributed by atoms with E-state index < -0.39 is 0 Å². The first-order valence-electron chi connectivity index (χ1n) is 6.44. The van der Waals surface area contributed by atoms with Gasteiger partial charge in [-0.2, -0.15) is 0 Å². The molecule has 1 aliphatic rings. The quantitative estimate of drug-likeness (QED) is 0.869. The van der Waals surface area contributed by atoms with Crippen molar-refractivity contribution in [3.05, 3.63) is 29.8 Å².